The molecule has 0 saturated carbocycles. The third kappa shape index (κ3) is 8.99. The lowest BCUT2D eigenvalue weighted by Crippen LogP contribution is -2.74. The van der Waals surface area contributed by atoms with Gasteiger partial charge in [-0.05, 0) is 149 Å². The Kier molecular flexibility index (Phi) is 9.21. The van der Waals surface area contributed by atoms with Gasteiger partial charge < -0.3 is 9.30 Å². The van der Waals surface area contributed by atoms with Crippen LogP contribution in [0.2, 0.25) is 0 Å². The van der Waals surface area contributed by atoms with Crippen LogP contribution in [0.25, 0.3) is 122 Å². The van der Waals surface area contributed by atoms with E-state index in [1.165, 1.54) is 0 Å². The molecule has 0 saturated heterocycles. The minimum Gasteiger partial charge on any atom is -0.458 e. The first-order chi connectivity index (χ1) is 54.6. The molecule has 0 bridgehead atoms. The summed E-state index contributed by atoms with van der Waals surface area (Å²) in [6.45, 7) is 6.54. The number of nitrogens with zero attached hydrogens (tertiary/aromatic N) is 5. The standard InChI is InChI=1S/C88H63N5OSi/c1-88(2,3)61-51-52-89-85(55-61)93-81-44-20-17-39-74(81)75-50-48-64(57-84(75)93)94-63-27-22-26-62(56-63)90-58-91-86-76(40-23-45-82(86)90)70-36-14-13-35-69(70)71-49-47-60(54-78(71)77-41-24-46-83(87(77)91)92-79-42-18-15-37-72(79)73-38-16-19-43-80(73)92)59-25-21-34-68(53-59)95(65-28-7-4-8-29-65,66-30-9-5-10-31-66)67-32-11-6-12-33-67/h4-57H,1-3H3/i4D,5D,6D,7D,8D,9D,10D,11D,12D,21D,25D,28D,29D,30D,31D,32D,33D,34D,53D. The fraction of sp³-hybridized carbons (Fsp3) is 0.0455. The van der Waals surface area contributed by atoms with Crippen molar-refractivity contribution in [3.8, 4) is 78.9 Å². The van der Waals surface area contributed by atoms with Gasteiger partial charge in [-0.2, -0.15) is 0 Å². The summed E-state index contributed by atoms with van der Waals surface area (Å²) in [6.07, 6.45) is 5.74. The molecule has 0 radical (unpaired) electrons. The molecule has 95 heavy (non-hydrogen) atoms. The Morgan fingerprint density at radius 2 is 0.968 bits per heavy atom. The Balaban J connectivity index is 0.913. The highest BCUT2D eigenvalue weighted by Gasteiger charge is 2.41. The summed E-state index contributed by atoms with van der Waals surface area (Å²) in [5.41, 5.74) is 11.6. The number of rotatable bonds is 10. The number of aromatic nitrogens is 5. The first kappa shape index (κ1) is 39.5. The zero-order valence-corrected chi connectivity index (χ0v) is 52.4. The van der Waals surface area contributed by atoms with E-state index in [0.717, 1.165) is 82.7 Å². The van der Waals surface area contributed by atoms with Gasteiger partial charge in [0.2, 0.25) is 0 Å². The summed E-state index contributed by atoms with van der Waals surface area (Å²) in [4.78, 5) is 4.92. The van der Waals surface area contributed by atoms with E-state index in [0.29, 0.717) is 45.3 Å². The van der Waals surface area contributed by atoms with Crippen LogP contribution in [0, 0.1) is 6.33 Å². The zero-order valence-electron chi connectivity index (χ0n) is 70.4. The molecule has 13 aromatic carbocycles. The van der Waals surface area contributed by atoms with Crippen molar-refractivity contribution >= 4 is 83.5 Å². The average Bonchev–Trinajstić information content (AvgIpc) is 1.46. The van der Waals surface area contributed by atoms with Gasteiger partial charge in [0.05, 0.1) is 76.2 Å². The van der Waals surface area contributed by atoms with E-state index in [9.17, 15) is 21.9 Å². The molecule has 0 spiro atoms. The highest BCUT2D eigenvalue weighted by Crippen LogP contribution is 2.47. The normalized spacial score (nSPS) is 15.0. The van der Waals surface area contributed by atoms with Gasteiger partial charge in [0, 0.05) is 33.8 Å². The predicted octanol–water partition coefficient (Wildman–Crippen LogP) is 18.7. The number of hydrogen-bond acceptors (Lipinski definition) is 2. The maximum atomic E-state index is 10.9. The van der Waals surface area contributed by atoms with Crippen molar-refractivity contribution in [3.63, 3.8) is 0 Å². The monoisotopic (exact) mass is 1250 g/mol. The molecule has 1 aliphatic heterocycles. The molecule has 0 N–H and O–H groups in total. The van der Waals surface area contributed by atoms with Crippen molar-refractivity contribution < 1.29 is 35.3 Å². The van der Waals surface area contributed by atoms with Crippen LogP contribution in [0.5, 0.6) is 11.5 Å². The molecule has 0 aliphatic carbocycles. The van der Waals surface area contributed by atoms with Crippen molar-refractivity contribution in [2.45, 2.75) is 26.2 Å². The fourth-order valence-electron chi connectivity index (χ4n) is 14.0. The van der Waals surface area contributed by atoms with Crippen molar-refractivity contribution in [2.75, 3.05) is 0 Å². The summed E-state index contributed by atoms with van der Waals surface area (Å²) in [7, 11) is -6.22. The van der Waals surface area contributed by atoms with E-state index >= 15 is 0 Å². The lowest BCUT2D eigenvalue weighted by atomic mass is 9.87. The molecule has 4 aromatic heterocycles. The number of pyridine rings is 1. The smallest absolute Gasteiger partial charge is 0.269 e. The first-order valence-electron chi connectivity index (χ1n) is 40.6. The van der Waals surface area contributed by atoms with Crippen LogP contribution in [0.4, 0.5) is 0 Å². The van der Waals surface area contributed by atoms with Crippen molar-refractivity contribution in [1.29, 1.82) is 0 Å². The lowest BCUT2D eigenvalue weighted by molar-refractivity contribution is -0.571. The van der Waals surface area contributed by atoms with E-state index < -0.39 is 149 Å². The van der Waals surface area contributed by atoms with Crippen LogP contribution in [0.3, 0.4) is 0 Å². The maximum absolute atomic E-state index is 10.9. The summed E-state index contributed by atoms with van der Waals surface area (Å²) < 4.78 is 197. The summed E-state index contributed by atoms with van der Waals surface area (Å²) in [5, 5.41) is 0.339. The minimum atomic E-state index is -6.22. The second kappa shape index (κ2) is 22.2. The second-order valence-electron chi connectivity index (χ2n) is 24.6. The van der Waals surface area contributed by atoms with Gasteiger partial charge in [0.1, 0.15) is 17.3 Å². The van der Waals surface area contributed by atoms with Crippen LogP contribution in [-0.4, -0.2) is 26.8 Å². The molecule has 0 atom stereocenters. The minimum absolute atomic E-state index is 0.0209. The Bertz CT molecular complexity index is 6800. The molecular formula is C88H63N5OSi. The van der Waals surface area contributed by atoms with Crippen molar-refractivity contribution in [3.05, 3.63) is 339 Å². The molecule has 5 heterocycles. The summed E-state index contributed by atoms with van der Waals surface area (Å²) in [6, 6.07) is 48.0. The average molecular weight is 1250 g/mol. The molecule has 450 valence electrons. The highest BCUT2D eigenvalue weighted by atomic mass is 28.3. The molecule has 18 rings (SSSR count). The Hall–Kier alpha value is -11.9. The summed E-state index contributed by atoms with van der Waals surface area (Å²) in [5.74, 6) is 1.88. The van der Waals surface area contributed by atoms with Crippen LogP contribution >= 0.6 is 0 Å². The van der Waals surface area contributed by atoms with Gasteiger partial charge in [0.15, 0.2) is 8.07 Å². The molecule has 0 amide bonds. The van der Waals surface area contributed by atoms with Gasteiger partial charge in [-0.15, -0.1) is 0 Å². The van der Waals surface area contributed by atoms with E-state index in [-0.39, 0.29) is 11.0 Å². The number of imidazole rings is 1. The predicted molar refractivity (Wildman–Crippen MR) is 394 cm³/mol. The maximum Gasteiger partial charge on any atom is 0.269 e. The quantitative estimate of drug-likeness (QED) is 0.0593. The van der Waals surface area contributed by atoms with Gasteiger partial charge >= 0.3 is 0 Å². The highest BCUT2D eigenvalue weighted by molar-refractivity contribution is 7.20. The van der Waals surface area contributed by atoms with Crippen LogP contribution in [0.1, 0.15) is 52.4 Å². The molecule has 0 fully saturated rings. The number of ether oxygens (including phenoxy) is 1. The van der Waals surface area contributed by atoms with E-state index in [2.05, 4.69) is 90.8 Å². The fourth-order valence-corrected chi connectivity index (χ4v) is 17.6. The zero-order chi connectivity index (χ0) is 79.9. The molecule has 6 nitrogen and oxygen atoms in total. The van der Waals surface area contributed by atoms with E-state index in [1.54, 1.807) is 18.2 Å². The van der Waals surface area contributed by atoms with Crippen LogP contribution in [-0.2, 0) is 5.41 Å². The summed E-state index contributed by atoms with van der Waals surface area (Å²) >= 11 is 0. The Morgan fingerprint density at radius 3 is 1.64 bits per heavy atom. The third-order valence-corrected chi connectivity index (χ3v) is 22.3. The van der Waals surface area contributed by atoms with Crippen molar-refractivity contribution in [1.82, 2.24) is 18.7 Å². The molecule has 7 heteroatoms. The van der Waals surface area contributed by atoms with E-state index in [4.69, 9.17) is 13.8 Å². The molecule has 17 aromatic rings. The third-order valence-electron chi connectivity index (χ3n) is 18.3. The number of fused-ring (bicyclic) bond motifs is 13. The van der Waals surface area contributed by atoms with Crippen molar-refractivity contribution in [2.24, 2.45) is 0 Å². The van der Waals surface area contributed by atoms with Crippen LogP contribution in [0.15, 0.2) is 327 Å². The molecule has 0 unspecified atom stereocenters. The molecule has 1 aliphatic rings. The largest absolute Gasteiger partial charge is 0.458 e. The topological polar surface area (TPSA) is 40.8 Å². The van der Waals surface area contributed by atoms with Gasteiger partial charge in [-0.1, -0.05) is 263 Å². The van der Waals surface area contributed by atoms with Gasteiger partial charge in [-0.25, -0.2) is 4.98 Å². The lowest BCUT2D eigenvalue weighted by Gasteiger charge is -2.34. The number of benzene rings is 13. The van der Waals surface area contributed by atoms with E-state index in [1.807, 2.05) is 149 Å². The van der Waals surface area contributed by atoms with Crippen LogP contribution < -0.4 is 30.1 Å². The Morgan fingerprint density at radius 1 is 0.421 bits per heavy atom. The molecular weight excluding hydrogens is 1170 g/mol. The first-order valence-corrected chi connectivity index (χ1v) is 33.1. The number of hydrogen-bond donors (Lipinski definition) is 0. The second-order valence-corrected chi connectivity index (χ2v) is 28.1. The Labute approximate surface area is 579 Å². The van der Waals surface area contributed by atoms with Gasteiger partial charge in [-0.3, -0.25) is 13.7 Å². The SMILES string of the molecule is [2H]c1c([2H])c([2H])c([Si](c2c([2H])c([2H])c([2H])c([2H])c2[2H])(c2c([2H])c([2H])c([2H])c([2H])c2[2H])c2c([2H])c([2H])c([2H])c(-c3ccc4c(c3)-c3cccc(-n5c6ccccc6c6ccccc65)c3-[n+]3[c-]n(-c5cccc(Oc6ccc7c8ccccc8n(-c8cc(C(C)(C)C)ccn8)c7c6)c5)c5cccc(c53)-c3ccccc3-4)c2[2H])c([2H])c1[2H]. The number of para-hydroxylation sites is 5. The van der Waals surface area contributed by atoms with Gasteiger partial charge in [0.25, 0.3) is 6.33 Å².